The first-order valence-electron chi connectivity index (χ1n) is 8.32. The molecule has 1 saturated heterocycles. The maximum atomic E-state index is 4.72. The highest BCUT2D eigenvalue weighted by atomic mass is 79.9. The van der Waals surface area contributed by atoms with Gasteiger partial charge in [0.05, 0.1) is 15.9 Å². The summed E-state index contributed by atoms with van der Waals surface area (Å²) in [6, 6.07) is 1.21. The summed E-state index contributed by atoms with van der Waals surface area (Å²) in [4.78, 5) is 2.60. The molecule has 2 heterocycles. The first-order valence-corrected chi connectivity index (χ1v) is 9.11. The smallest absolute Gasteiger partial charge is 0.0767 e. The molecule has 0 radical (unpaired) electrons. The predicted molar refractivity (Wildman–Crippen MR) is 91.5 cm³/mol. The monoisotopic (exact) mass is 356 g/mol. The van der Waals surface area contributed by atoms with E-state index in [2.05, 4.69) is 58.5 Å². The molecule has 0 aliphatic carbocycles. The van der Waals surface area contributed by atoms with Gasteiger partial charge in [0.15, 0.2) is 0 Å². The number of hydrogen-bond acceptors (Lipinski definition) is 3. The second-order valence-electron chi connectivity index (χ2n) is 6.05. The van der Waals surface area contributed by atoms with Gasteiger partial charge in [0.2, 0.25) is 0 Å². The Balaban J connectivity index is 2.14. The van der Waals surface area contributed by atoms with Crippen molar-refractivity contribution in [2.45, 2.75) is 72.1 Å². The lowest BCUT2D eigenvalue weighted by Crippen LogP contribution is -2.55. The number of nitrogens with one attached hydrogen (secondary N) is 1. The van der Waals surface area contributed by atoms with Crippen molar-refractivity contribution < 1.29 is 0 Å². The summed E-state index contributed by atoms with van der Waals surface area (Å²) >= 11 is 3.77. The van der Waals surface area contributed by atoms with Crippen molar-refractivity contribution in [2.24, 2.45) is 0 Å². The van der Waals surface area contributed by atoms with Crippen molar-refractivity contribution in [2.75, 3.05) is 13.1 Å². The van der Waals surface area contributed by atoms with Crippen LogP contribution in [0.4, 0.5) is 0 Å². The Morgan fingerprint density at radius 2 is 2.10 bits per heavy atom. The molecule has 120 valence electrons. The van der Waals surface area contributed by atoms with Crippen molar-refractivity contribution in [1.29, 1.82) is 0 Å². The quantitative estimate of drug-likeness (QED) is 0.849. The summed E-state index contributed by atoms with van der Waals surface area (Å²) in [6.07, 6.45) is 3.49. The van der Waals surface area contributed by atoms with Crippen LogP contribution in [0.3, 0.4) is 0 Å². The molecule has 0 bridgehead atoms. The molecule has 1 aromatic rings. The zero-order chi connectivity index (χ0) is 15.4. The SMILES string of the molecule is CCCC1CN(Cc2c(Br)c(CC)nn2CC)C(C)CN1. The van der Waals surface area contributed by atoms with Crippen LogP contribution in [0.25, 0.3) is 0 Å². The molecule has 1 aliphatic heterocycles. The molecule has 1 aliphatic rings. The number of aromatic nitrogens is 2. The minimum Gasteiger partial charge on any atom is -0.311 e. The van der Waals surface area contributed by atoms with Gasteiger partial charge in [-0.15, -0.1) is 0 Å². The molecule has 2 unspecified atom stereocenters. The van der Waals surface area contributed by atoms with E-state index in [1.807, 2.05) is 0 Å². The van der Waals surface area contributed by atoms with Crippen LogP contribution in [0.2, 0.25) is 0 Å². The fourth-order valence-corrected chi connectivity index (χ4v) is 3.81. The van der Waals surface area contributed by atoms with Crippen LogP contribution in [0, 0.1) is 0 Å². The summed E-state index contributed by atoms with van der Waals surface area (Å²) in [7, 11) is 0. The third-order valence-corrected chi connectivity index (χ3v) is 5.38. The van der Waals surface area contributed by atoms with Crippen molar-refractivity contribution in [3.8, 4) is 0 Å². The van der Waals surface area contributed by atoms with Gasteiger partial charge in [0.1, 0.15) is 0 Å². The summed E-state index contributed by atoms with van der Waals surface area (Å²) < 4.78 is 3.37. The minimum absolute atomic E-state index is 0.579. The van der Waals surface area contributed by atoms with Gasteiger partial charge >= 0.3 is 0 Å². The van der Waals surface area contributed by atoms with Crippen LogP contribution in [-0.2, 0) is 19.5 Å². The fraction of sp³-hybridized carbons (Fsp3) is 0.812. The van der Waals surface area contributed by atoms with Crippen LogP contribution in [0.1, 0.15) is 51.9 Å². The molecule has 2 atom stereocenters. The summed E-state index contributed by atoms with van der Waals surface area (Å²) in [5.74, 6) is 0. The molecule has 4 nitrogen and oxygen atoms in total. The molecule has 0 saturated carbocycles. The molecule has 2 rings (SSSR count). The lowest BCUT2D eigenvalue weighted by Gasteiger charge is -2.39. The molecule has 5 heteroatoms. The molecule has 1 N–H and O–H groups in total. The Bertz CT molecular complexity index is 457. The molecular formula is C16H29BrN4. The topological polar surface area (TPSA) is 33.1 Å². The Morgan fingerprint density at radius 3 is 2.71 bits per heavy atom. The zero-order valence-corrected chi connectivity index (χ0v) is 15.4. The predicted octanol–water partition coefficient (Wildman–Crippen LogP) is 3.19. The van der Waals surface area contributed by atoms with E-state index in [4.69, 9.17) is 5.10 Å². The van der Waals surface area contributed by atoms with Crippen molar-refractivity contribution >= 4 is 15.9 Å². The van der Waals surface area contributed by atoms with E-state index in [1.165, 1.54) is 28.7 Å². The first-order chi connectivity index (χ1) is 10.1. The average Bonchev–Trinajstić information content (AvgIpc) is 2.79. The van der Waals surface area contributed by atoms with Crippen LogP contribution in [-0.4, -0.2) is 39.9 Å². The normalized spacial score (nSPS) is 23.7. The van der Waals surface area contributed by atoms with E-state index in [-0.39, 0.29) is 0 Å². The molecular weight excluding hydrogens is 328 g/mol. The molecule has 0 spiro atoms. The van der Waals surface area contributed by atoms with Gasteiger partial charge in [-0.2, -0.15) is 5.10 Å². The largest absolute Gasteiger partial charge is 0.311 e. The number of hydrogen-bond donors (Lipinski definition) is 1. The lowest BCUT2D eigenvalue weighted by atomic mass is 10.1. The van der Waals surface area contributed by atoms with Crippen molar-refractivity contribution in [3.05, 3.63) is 15.9 Å². The van der Waals surface area contributed by atoms with E-state index >= 15 is 0 Å². The highest BCUT2D eigenvalue weighted by Crippen LogP contribution is 2.25. The molecule has 1 aromatic heterocycles. The maximum Gasteiger partial charge on any atom is 0.0767 e. The van der Waals surface area contributed by atoms with Gasteiger partial charge in [0, 0.05) is 38.3 Å². The van der Waals surface area contributed by atoms with Gasteiger partial charge in [-0.3, -0.25) is 9.58 Å². The van der Waals surface area contributed by atoms with Gasteiger partial charge in [0.25, 0.3) is 0 Å². The zero-order valence-electron chi connectivity index (χ0n) is 13.8. The van der Waals surface area contributed by atoms with Gasteiger partial charge in [-0.1, -0.05) is 20.3 Å². The van der Waals surface area contributed by atoms with Gasteiger partial charge < -0.3 is 5.32 Å². The number of aryl methyl sites for hydroxylation is 2. The standard InChI is InChI=1S/C16H29BrN4/c1-5-8-13-10-20(12(4)9-18-13)11-15-16(17)14(6-2)19-21(15)7-3/h12-13,18H,5-11H2,1-4H3. The summed E-state index contributed by atoms with van der Waals surface area (Å²) in [5.41, 5.74) is 2.51. The lowest BCUT2D eigenvalue weighted by molar-refractivity contribution is 0.126. The molecule has 1 fully saturated rings. The third kappa shape index (κ3) is 3.88. The Kier molecular flexibility index (Phi) is 6.26. The van der Waals surface area contributed by atoms with E-state index in [0.29, 0.717) is 12.1 Å². The van der Waals surface area contributed by atoms with Crippen LogP contribution in [0.5, 0.6) is 0 Å². The number of halogens is 1. The number of nitrogens with zero attached hydrogens (tertiary/aromatic N) is 3. The second-order valence-corrected chi connectivity index (χ2v) is 6.84. The minimum atomic E-state index is 0.579. The maximum absolute atomic E-state index is 4.72. The van der Waals surface area contributed by atoms with E-state index in [1.54, 1.807) is 0 Å². The van der Waals surface area contributed by atoms with E-state index in [9.17, 15) is 0 Å². The average molecular weight is 357 g/mol. The van der Waals surface area contributed by atoms with Crippen LogP contribution in [0.15, 0.2) is 4.47 Å². The molecule has 0 amide bonds. The van der Waals surface area contributed by atoms with E-state index < -0.39 is 0 Å². The highest BCUT2D eigenvalue weighted by Gasteiger charge is 2.26. The van der Waals surface area contributed by atoms with Gasteiger partial charge in [-0.05, 0) is 42.6 Å². The summed E-state index contributed by atoms with van der Waals surface area (Å²) in [5, 5.41) is 8.39. The van der Waals surface area contributed by atoms with Crippen LogP contribution < -0.4 is 5.32 Å². The Labute approximate surface area is 137 Å². The fourth-order valence-electron chi connectivity index (χ4n) is 3.12. The van der Waals surface area contributed by atoms with E-state index in [0.717, 1.165) is 32.6 Å². The third-order valence-electron chi connectivity index (χ3n) is 4.46. The number of rotatable bonds is 6. The number of piperazine rings is 1. The first kappa shape index (κ1) is 17.0. The molecule has 0 aromatic carbocycles. The van der Waals surface area contributed by atoms with Crippen LogP contribution >= 0.6 is 15.9 Å². The van der Waals surface area contributed by atoms with Crippen molar-refractivity contribution in [1.82, 2.24) is 20.0 Å². The highest BCUT2D eigenvalue weighted by molar-refractivity contribution is 9.10. The Morgan fingerprint density at radius 1 is 1.33 bits per heavy atom. The Hall–Kier alpha value is -0.390. The van der Waals surface area contributed by atoms with Gasteiger partial charge in [-0.25, -0.2) is 0 Å². The molecule has 21 heavy (non-hydrogen) atoms. The van der Waals surface area contributed by atoms with Crippen molar-refractivity contribution in [3.63, 3.8) is 0 Å². The summed E-state index contributed by atoms with van der Waals surface area (Å²) in [6.45, 7) is 13.1. The second kappa shape index (κ2) is 7.75.